The van der Waals surface area contributed by atoms with Crippen LogP contribution < -0.4 is 10.6 Å². The summed E-state index contributed by atoms with van der Waals surface area (Å²) in [4.78, 5) is 2.18. The van der Waals surface area contributed by atoms with Crippen LogP contribution in [-0.2, 0) is 13.0 Å². The van der Waals surface area contributed by atoms with Crippen molar-refractivity contribution in [1.82, 2.24) is 0 Å². The van der Waals surface area contributed by atoms with Crippen molar-refractivity contribution < 1.29 is 4.39 Å². The highest BCUT2D eigenvalue weighted by Gasteiger charge is 2.20. The second-order valence-electron chi connectivity index (χ2n) is 5.47. The highest BCUT2D eigenvalue weighted by Crippen LogP contribution is 2.33. The van der Waals surface area contributed by atoms with Gasteiger partial charge in [-0.1, -0.05) is 6.07 Å². The Labute approximate surface area is 123 Å². The molecule has 0 amide bonds. The maximum absolute atomic E-state index is 13.5. The average Bonchev–Trinajstić information content (AvgIpc) is 2.81. The van der Waals surface area contributed by atoms with Gasteiger partial charge in [-0.25, -0.2) is 4.39 Å². The summed E-state index contributed by atoms with van der Waals surface area (Å²) in [6, 6.07) is 10.6. The van der Waals surface area contributed by atoms with Gasteiger partial charge in [0, 0.05) is 24.5 Å². The van der Waals surface area contributed by atoms with Crippen molar-refractivity contribution in [3.05, 3.63) is 58.4 Å². The molecule has 2 aromatic rings. The van der Waals surface area contributed by atoms with E-state index in [0.29, 0.717) is 12.1 Å². The van der Waals surface area contributed by atoms with Gasteiger partial charge in [-0.2, -0.15) is 5.26 Å². The third-order valence-corrected chi connectivity index (χ3v) is 3.92. The second-order valence-corrected chi connectivity index (χ2v) is 5.47. The molecule has 21 heavy (non-hydrogen) atoms. The summed E-state index contributed by atoms with van der Waals surface area (Å²) in [6.07, 6.45) is 0.969. The van der Waals surface area contributed by atoms with Crippen LogP contribution in [-0.4, -0.2) is 6.54 Å². The van der Waals surface area contributed by atoms with Crippen molar-refractivity contribution in [1.29, 1.82) is 5.26 Å². The molecule has 3 nitrogen and oxygen atoms in total. The molecule has 0 fully saturated rings. The van der Waals surface area contributed by atoms with Gasteiger partial charge in [0.2, 0.25) is 0 Å². The van der Waals surface area contributed by atoms with Crippen LogP contribution in [0.5, 0.6) is 0 Å². The number of halogens is 1. The Hall–Kier alpha value is -2.54. The molecule has 1 aliphatic rings. The van der Waals surface area contributed by atoms with E-state index in [4.69, 9.17) is 11.0 Å². The van der Waals surface area contributed by atoms with Crippen molar-refractivity contribution >= 4 is 11.4 Å². The van der Waals surface area contributed by atoms with Crippen molar-refractivity contribution in [2.75, 3.05) is 17.2 Å². The first-order chi connectivity index (χ1) is 10.1. The number of hydrogen-bond donors (Lipinski definition) is 1. The lowest BCUT2D eigenvalue weighted by Crippen LogP contribution is -2.20. The van der Waals surface area contributed by atoms with Gasteiger partial charge in [-0.05, 0) is 54.3 Å². The Morgan fingerprint density at radius 3 is 2.86 bits per heavy atom. The molecule has 3 rings (SSSR count). The van der Waals surface area contributed by atoms with E-state index < -0.39 is 0 Å². The highest BCUT2D eigenvalue weighted by atomic mass is 19.1. The number of benzene rings is 2. The molecule has 1 heterocycles. The van der Waals surface area contributed by atoms with Crippen LogP contribution in [0.3, 0.4) is 0 Å². The molecule has 106 valence electrons. The van der Waals surface area contributed by atoms with E-state index in [2.05, 4.69) is 11.0 Å². The summed E-state index contributed by atoms with van der Waals surface area (Å²) in [5.41, 5.74) is 11.4. The Balaban J connectivity index is 1.91. The van der Waals surface area contributed by atoms with E-state index in [0.717, 1.165) is 35.5 Å². The highest BCUT2D eigenvalue weighted by molar-refractivity contribution is 5.67. The minimum Gasteiger partial charge on any atom is -0.398 e. The molecule has 0 unspecified atom stereocenters. The van der Waals surface area contributed by atoms with Crippen LogP contribution in [0.15, 0.2) is 30.3 Å². The molecular weight excluding hydrogens is 265 g/mol. The van der Waals surface area contributed by atoms with E-state index in [9.17, 15) is 4.39 Å². The third-order valence-electron chi connectivity index (χ3n) is 3.92. The molecule has 0 radical (unpaired) electrons. The SMILES string of the molecule is Cc1cc2c(cc1N)N(Cc1cc(F)cc(C#N)c1)CC2. The number of nitrogens with two attached hydrogens (primary N) is 1. The zero-order chi connectivity index (χ0) is 15.0. The fourth-order valence-corrected chi connectivity index (χ4v) is 2.83. The van der Waals surface area contributed by atoms with Gasteiger partial charge < -0.3 is 10.6 Å². The number of nitrogens with zero attached hydrogens (tertiary/aromatic N) is 2. The van der Waals surface area contributed by atoms with Crippen LogP contribution in [0.2, 0.25) is 0 Å². The Morgan fingerprint density at radius 1 is 1.29 bits per heavy atom. The van der Waals surface area contributed by atoms with E-state index in [1.807, 2.05) is 19.1 Å². The number of aryl methyl sites for hydroxylation is 1. The maximum atomic E-state index is 13.5. The number of hydrogen-bond acceptors (Lipinski definition) is 3. The molecule has 0 aromatic heterocycles. The van der Waals surface area contributed by atoms with Gasteiger partial charge in [0.15, 0.2) is 0 Å². The fourth-order valence-electron chi connectivity index (χ4n) is 2.83. The first-order valence-electron chi connectivity index (χ1n) is 6.90. The number of fused-ring (bicyclic) bond motifs is 1. The van der Waals surface area contributed by atoms with Gasteiger partial charge in [0.05, 0.1) is 11.6 Å². The molecule has 2 N–H and O–H groups in total. The molecule has 0 spiro atoms. The quantitative estimate of drug-likeness (QED) is 0.860. The third kappa shape index (κ3) is 2.55. The summed E-state index contributed by atoms with van der Waals surface area (Å²) in [5, 5.41) is 8.93. The lowest BCUT2D eigenvalue weighted by molar-refractivity contribution is 0.624. The van der Waals surface area contributed by atoms with Crippen molar-refractivity contribution in [2.45, 2.75) is 19.9 Å². The van der Waals surface area contributed by atoms with Crippen LogP contribution in [0, 0.1) is 24.1 Å². The number of nitriles is 1. The maximum Gasteiger partial charge on any atom is 0.124 e. The summed E-state index contributed by atoms with van der Waals surface area (Å²) in [6.45, 7) is 3.47. The standard InChI is InChI=1S/C17H16FN3/c1-11-4-14-2-3-21(17(14)8-16(11)20)10-13-5-12(9-19)6-15(18)7-13/h4-8H,2-3,10,20H2,1H3. The Morgan fingerprint density at radius 2 is 2.10 bits per heavy atom. The van der Waals surface area contributed by atoms with Crippen molar-refractivity contribution in [3.8, 4) is 6.07 Å². The molecular formula is C17H16FN3. The number of anilines is 2. The number of rotatable bonds is 2. The second kappa shape index (κ2) is 5.10. The monoisotopic (exact) mass is 281 g/mol. The van der Waals surface area contributed by atoms with Crippen LogP contribution in [0.25, 0.3) is 0 Å². The molecule has 4 heteroatoms. The lowest BCUT2D eigenvalue weighted by atomic mass is 10.1. The first kappa shape index (κ1) is 13.4. The Kier molecular flexibility index (Phi) is 3.26. The minimum absolute atomic E-state index is 0.354. The van der Waals surface area contributed by atoms with Crippen LogP contribution >= 0.6 is 0 Å². The predicted molar refractivity (Wildman–Crippen MR) is 81.5 cm³/mol. The van der Waals surface area contributed by atoms with E-state index in [1.165, 1.54) is 17.7 Å². The average molecular weight is 281 g/mol. The molecule has 0 saturated heterocycles. The fraction of sp³-hybridized carbons (Fsp3) is 0.235. The summed E-state index contributed by atoms with van der Waals surface area (Å²) >= 11 is 0. The van der Waals surface area contributed by atoms with E-state index >= 15 is 0 Å². The molecule has 1 aliphatic heterocycles. The zero-order valence-corrected chi connectivity index (χ0v) is 11.9. The molecule has 0 bridgehead atoms. The summed E-state index contributed by atoms with van der Waals surface area (Å²) in [5.74, 6) is -0.369. The van der Waals surface area contributed by atoms with Crippen LogP contribution in [0.1, 0.15) is 22.3 Å². The van der Waals surface area contributed by atoms with Gasteiger partial charge in [-0.3, -0.25) is 0 Å². The summed E-state index contributed by atoms with van der Waals surface area (Å²) in [7, 11) is 0. The normalized spacial score (nSPS) is 13.1. The molecule has 0 saturated carbocycles. The molecule has 0 aliphatic carbocycles. The van der Waals surface area contributed by atoms with Crippen molar-refractivity contribution in [2.24, 2.45) is 0 Å². The number of nitrogen functional groups attached to an aromatic ring is 1. The largest absolute Gasteiger partial charge is 0.398 e. The van der Waals surface area contributed by atoms with E-state index in [1.54, 1.807) is 6.07 Å². The van der Waals surface area contributed by atoms with Gasteiger partial charge in [0.1, 0.15) is 5.82 Å². The van der Waals surface area contributed by atoms with Gasteiger partial charge >= 0.3 is 0 Å². The lowest BCUT2D eigenvalue weighted by Gasteiger charge is -2.20. The van der Waals surface area contributed by atoms with Gasteiger partial charge in [-0.15, -0.1) is 0 Å². The first-order valence-corrected chi connectivity index (χ1v) is 6.90. The minimum atomic E-state index is -0.369. The molecule has 2 aromatic carbocycles. The summed E-state index contributed by atoms with van der Waals surface area (Å²) < 4.78 is 13.5. The topological polar surface area (TPSA) is 53.0 Å². The predicted octanol–water partition coefficient (Wildman–Crippen LogP) is 3.15. The van der Waals surface area contributed by atoms with Gasteiger partial charge in [0.25, 0.3) is 0 Å². The zero-order valence-electron chi connectivity index (χ0n) is 11.9. The smallest absolute Gasteiger partial charge is 0.124 e. The van der Waals surface area contributed by atoms with Crippen LogP contribution in [0.4, 0.5) is 15.8 Å². The van der Waals surface area contributed by atoms with Crippen molar-refractivity contribution in [3.63, 3.8) is 0 Å². The molecule has 0 atom stereocenters. The van der Waals surface area contributed by atoms with E-state index in [-0.39, 0.29) is 5.82 Å². The Bertz CT molecular complexity index is 746.